The lowest BCUT2D eigenvalue weighted by Crippen LogP contribution is -2.13. The number of nitrogens with one attached hydrogen (secondary N) is 1. The lowest BCUT2D eigenvalue weighted by molar-refractivity contribution is 0.102. The smallest absolute Gasteiger partial charge is 0.324 e. The zero-order chi connectivity index (χ0) is 18.7. The van der Waals surface area contributed by atoms with Crippen molar-refractivity contribution in [3.8, 4) is 5.69 Å². The molecule has 0 saturated carbocycles. The molecule has 0 saturated heterocycles. The van der Waals surface area contributed by atoms with Gasteiger partial charge in [-0.2, -0.15) is 8.78 Å². The second-order valence-corrected chi connectivity index (χ2v) is 7.34. The summed E-state index contributed by atoms with van der Waals surface area (Å²) in [6.45, 7) is 0. The number of anilines is 1. The van der Waals surface area contributed by atoms with Crippen LogP contribution in [0.5, 0.6) is 0 Å². The van der Waals surface area contributed by atoms with Gasteiger partial charge < -0.3 is 9.88 Å². The van der Waals surface area contributed by atoms with Gasteiger partial charge in [0.1, 0.15) is 0 Å². The summed E-state index contributed by atoms with van der Waals surface area (Å²) in [7, 11) is -4.65. The fraction of sp³-hybridized carbons (Fsp3) is 0.0556. The van der Waals surface area contributed by atoms with E-state index in [9.17, 15) is 22.0 Å². The van der Waals surface area contributed by atoms with Gasteiger partial charge in [0.15, 0.2) is 0 Å². The van der Waals surface area contributed by atoms with Crippen molar-refractivity contribution in [2.45, 2.75) is 10.7 Å². The van der Waals surface area contributed by atoms with Gasteiger partial charge in [0, 0.05) is 29.3 Å². The molecule has 0 radical (unpaired) electrons. The van der Waals surface area contributed by atoms with E-state index in [2.05, 4.69) is 5.32 Å². The van der Waals surface area contributed by atoms with E-state index in [-0.39, 0.29) is 0 Å². The second kappa shape index (κ2) is 7.09. The van der Waals surface area contributed by atoms with Gasteiger partial charge in [-0.3, -0.25) is 4.79 Å². The predicted molar refractivity (Wildman–Crippen MR) is 93.4 cm³/mol. The Hall–Kier alpha value is -3.00. The van der Waals surface area contributed by atoms with Gasteiger partial charge in [0.2, 0.25) is 9.84 Å². The van der Waals surface area contributed by atoms with Crippen LogP contribution in [0.2, 0.25) is 0 Å². The van der Waals surface area contributed by atoms with Gasteiger partial charge >= 0.3 is 5.76 Å². The van der Waals surface area contributed by atoms with Gasteiger partial charge in [-0.25, -0.2) is 8.42 Å². The molecule has 3 rings (SSSR count). The minimum absolute atomic E-state index is 0.301. The first-order valence-electron chi connectivity index (χ1n) is 7.55. The van der Waals surface area contributed by atoms with Gasteiger partial charge in [-0.05, 0) is 54.6 Å². The molecule has 1 aromatic heterocycles. The molecule has 0 aliphatic carbocycles. The topological polar surface area (TPSA) is 68.2 Å². The standard InChI is InChI=1S/C18H14F2N2O3S/c19-18(20)26(24,25)16-8-6-14(7-9-16)21-17(23)13-4-3-5-15(12-13)22-10-1-2-11-22/h1-12,18H,(H,21,23). The summed E-state index contributed by atoms with van der Waals surface area (Å²) in [5.74, 6) is -3.89. The number of hydrogen-bond donors (Lipinski definition) is 1. The second-order valence-electron chi connectivity index (χ2n) is 5.42. The van der Waals surface area contributed by atoms with Crippen LogP contribution in [0.1, 0.15) is 10.4 Å². The molecule has 0 fully saturated rings. The summed E-state index contributed by atoms with van der Waals surface area (Å²) in [6, 6.07) is 15.3. The molecule has 0 unspecified atom stereocenters. The van der Waals surface area contributed by atoms with Crippen molar-refractivity contribution >= 4 is 21.4 Å². The Morgan fingerprint density at radius 1 is 0.962 bits per heavy atom. The first-order chi connectivity index (χ1) is 12.4. The minimum Gasteiger partial charge on any atom is -0.324 e. The molecular weight excluding hydrogens is 362 g/mol. The number of alkyl halides is 2. The Kier molecular flexibility index (Phi) is 4.85. The average Bonchev–Trinajstić information content (AvgIpc) is 3.17. The SMILES string of the molecule is O=C(Nc1ccc(S(=O)(=O)C(F)F)cc1)c1cccc(-n2cccc2)c1. The van der Waals surface area contributed by atoms with Gasteiger partial charge in [0.05, 0.1) is 4.90 Å². The summed E-state index contributed by atoms with van der Waals surface area (Å²) < 4.78 is 49.7. The Bertz CT molecular complexity index is 1010. The van der Waals surface area contributed by atoms with Crippen molar-refractivity contribution in [3.63, 3.8) is 0 Å². The van der Waals surface area contributed by atoms with E-state index in [1.807, 2.05) is 35.2 Å². The quantitative estimate of drug-likeness (QED) is 0.738. The van der Waals surface area contributed by atoms with E-state index < -0.39 is 26.4 Å². The number of halogens is 2. The van der Waals surface area contributed by atoms with Crippen LogP contribution in [0.25, 0.3) is 5.69 Å². The van der Waals surface area contributed by atoms with E-state index in [1.165, 1.54) is 12.1 Å². The van der Waals surface area contributed by atoms with Crippen LogP contribution in [-0.2, 0) is 9.84 Å². The van der Waals surface area contributed by atoms with Crippen molar-refractivity contribution in [1.29, 1.82) is 0 Å². The largest absolute Gasteiger partial charge is 0.341 e. The summed E-state index contributed by atoms with van der Waals surface area (Å²) in [5, 5.41) is 2.61. The lowest BCUT2D eigenvalue weighted by Gasteiger charge is -2.09. The molecule has 0 atom stereocenters. The number of nitrogens with zero attached hydrogens (tertiary/aromatic N) is 1. The lowest BCUT2D eigenvalue weighted by atomic mass is 10.2. The van der Waals surface area contributed by atoms with Crippen molar-refractivity contribution < 1.29 is 22.0 Å². The highest BCUT2D eigenvalue weighted by molar-refractivity contribution is 7.91. The van der Waals surface area contributed by atoms with Crippen LogP contribution >= 0.6 is 0 Å². The van der Waals surface area contributed by atoms with E-state index in [0.717, 1.165) is 17.8 Å². The number of carbonyl (C=O) groups excluding carboxylic acids is 1. The molecule has 0 bridgehead atoms. The van der Waals surface area contributed by atoms with Crippen molar-refractivity contribution in [1.82, 2.24) is 4.57 Å². The molecular formula is C18H14F2N2O3S. The normalized spacial score (nSPS) is 11.5. The van der Waals surface area contributed by atoms with Gasteiger partial charge in [-0.15, -0.1) is 0 Å². The highest BCUT2D eigenvalue weighted by atomic mass is 32.2. The molecule has 26 heavy (non-hydrogen) atoms. The summed E-state index contributed by atoms with van der Waals surface area (Å²) in [6.07, 6.45) is 3.69. The summed E-state index contributed by atoms with van der Waals surface area (Å²) >= 11 is 0. The molecule has 3 aromatic rings. The van der Waals surface area contributed by atoms with E-state index in [1.54, 1.807) is 18.2 Å². The van der Waals surface area contributed by atoms with Crippen molar-refractivity contribution in [3.05, 3.63) is 78.6 Å². The summed E-state index contributed by atoms with van der Waals surface area (Å²) in [5.41, 5.74) is 1.51. The molecule has 134 valence electrons. The molecule has 1 N–H and O–H groups in total. The maximum Gasteiger partial charge on any atom is 0.341 e. The van der Waals surface area contributed by atoms with Crippen molar-refractivity contribution in [2.75, 3.05) is 5.32 Å². The Labute approximate surface area is 148 Å². The van der Waals surface area contributed by atoms with E-state index in [4.69, 9.17) is 0 Å². The highest BCUT2D eigenvalue weighted by Gasteiger charge is 2.26. The molecule has 5 nitrogen and oxygen atoms in total. The number of aromatic nitrogens is 1. The van der Waals surface area contributed by atoms with Crippen LogP contribution in [-0.4, -0.2) is 24.6 Å². The zero-order valence-corrected chi connectivity index (χ0v) is 14.2. The first kappa shape index (κ1) is 17.8. The molecule has 0 spiro atoms. The Morgan fingerprint density at radius 2 is 1.62 bits per heavy atom. The third kappa shape index (κ3) is 3.65. The molecule has 0 aliphatic heterocycles. The number of hydrogen-bond acceptors (Lipinski definition) is 3. The molecule has 0 aliphatic rings. The number of carbonyl (C=O) groups is 1. The third-order valence-electron chi connectivity index (χ3n) is 3.69. The van der Waals surface area contributed by atoms with Gasteiger partial charge in [-0.1, -0.05) is 6.07 Å². The number of rotatable bonds is 5. The number of sulfone groups is 1. The minimum atomic E-state index is -4.65. The van der Waals surface area contributed by atoms with Crippen LogP contribution in [0.15, 0.2) is 78.0 Å². The third-order valence-corrected chi connectivity index (χ3v) is 5.08. The fourth-order valence-electron chi connectivity index (χ4n) is 2.35. The maximum atomic E-state index is 12.5. The van der Waals surface area contributed by atoms with Crippen molar-refractivity contribution in [2.24, 2.45) is 0 Å². The first-order valence-corrected chi connectivity index (χ1v) is 9.09. The van der Waals surface area contributed by atoms with Gasteiger partial charge in [0.25, 0.3) is 5.91 Å². The molecule has 1 heterocycles. The maximum absolute atomic E-state index is 12.5. The van der Waals surface area contributed by atoms with Crippen LogP contribution in [0, 0.1) is 0 Å². The number of benzene rings is 2. The number of amides is 1. The average molecular weight is 376 g/mol. The Morgan fingerprint density at radius 3 is 2.23 bits per heavy atom. The van der Waals surface area contributed by atoms with Crippen LogP contribution < -0.4 is 5.32 Å². The fourth-order valence-corrected chi connectivity index (χ4v) is 3.07. The zero-order valence-electron chi connectivity index (χ0n) is 13.3. The highest BCUT2D eigenvalue weighted by Crippen LogP contribution is 2.21. The Balaban J connectivity index is 1.77. The monoisotopic (exact) mass is 376 g/mol. The van der Waals surface area contributed by atoms with Crippen LogP contribution in [0.3, 0.4) is 0 Å². The van der Waals surface area contributed by atoms with Crippen LogP contribution in [0.4, 0.5) is 14.5 Å². The van der Waals surface area contributed by atoms with E-state index >= 15 is 0 Å². The van der Waals surface area contributed by atoms with E-state index in [0.29, 0.717) is 11.3 Å². The summed E-state index contributed by atoms with van der Waals surface area (Å²) in [4.78, 5) is 11.9. The predicted octanol–water partition coefficient (Wildman–Crippen LogP) is 3.73. The molecule has 2 aromatic carbocycles. The molecule has 1 amide bonds. The molecule has 8 heteroatoms.